The summed E-state index contributed by atoms with van der Waals surface area (Å²) in [5, 5.41) is 0. The zero-order valence-corrected chi connectivity index (χ0v) is 12.4. The highest BCUT2D eigenvalue weighted by molar-refractivity contribution is 5.79. The van der Waals surface area contributed by atoms with Gasteiger partial charge in [0.05, 0.1) is 12.7 Å². The molecule has 1 aliphatic carbocycles. The van der Waals surface area contributed by atoms with Crippen LogP contribution in [0.1, 0.15) is 44.9 Å². The second-order valence-electron chi connectivity index (χ2n) is 6.04. The fraction of sp³-hybridized carbons (Fsp3) is 0.688. The first-order chi connectivity index (χ1) is 10.3. The minimum absolute atomic E-state index is 0.0444. The van der Waals surface area contributed by atoms with Gasteiger partial charge in [0, 0.05) is 24.9 Å². The molecule has 1 atom stereocenters. The Morgan fingerprint density at radius 1 is 1.14 bits per heavy atom. The van der Waals surface area contributed by atoms with Crippen LogP contribution >= 0.6 is 0 Å². The molecule has 5 heteroatoms. The molecule has 0 bridgehead atoms. The molecular formula is C16H23N3O2. The SMILES string of the molecule is O=C(C1CCCCC1)N1CCCC(Oc2cnccn2)C1. The van der Waals surface area contributed by atoms with Gasteiger partial charge in [0.25, 0.3) is 0 Å². The summed E-state index contributed by atoms with van der Waals surface area (Å²) in [4.78, 5) is 22.7. The highest BCUT2D eigenvalue weighted by Crippen LogP contribution is 2.27. The van der Waals surface area contributed by atoms with E-state index in [0.29, 0.717) is 18.3 Å². The molecule has 1 saturated heterocycles. The van der Waals surface area contributed by atoms with Crippen molar-refractivity contribution in [1.29, 1.82) is 0 Å². The van der Waals surface area contributed by atoms with E-state index in [1.165, 1.54) is 19.3 Å². The minimum Gasteiger partial charge on any atom is -0.471 e. The molecule has 1 aromatic rings. The Balaban J connectivity index is 1.56. The van der Waals surface area contributed by atoms with Gasteiger partial charge >= 0.3 is 0 Å². The molecule has 0 spiro atoms. The summed E-state index contributed by atoms with van der Waals surface area (Å²) in [6, 6.07) is 0. The molecule has 2 fully saturated rings. The Kier molecular flexibility index (Phi) is 4.68. The molecule has 1 aromatic heterocycles. The molecule has 0 aromatic carbocycles. The highest BCUT2D eigenvalue weighted by atomic mass is 16.5. The topological polar surface area (TPSA) is 55.3 Å². The first kappa shape index (κ1) is 14.3. The molecule has 0 radical (unpaired) electrons. The lowest BCUT2D eigenvalue weighted by Crippen LogP contribution is -2.47. The molecular weight excluding hydrogens is 266 g/mol. The molecule has 1 aliphatic heterocycles. The van der Waals surface area contributed by atoms with Crippen LogP contribution in [0.2, 0.25) is 0 Å². The van der Waals surface area contributed by atoms with Gasteiger partial charge in [-0.25, -0.2) is 4.98 Å². The van der Waals surface area contributed by atoms with Crippen LogP contribution in [0, 0.1) is 5.92 Å². The van der Waals surface area contributed by atoms with E-state index in [0.717, 1.165) is 32.2 Å². The number of carbonyl (C=O) groups excluding carboxylic acids is 1. The Labute approximate surface area is 125 Å². The van der Waals surface area contributed by atoms with Crippen LogP contribution in [0.3, 0.4) is 0 Å². The van der Waals surface area contributed by atoms with Gasteiger partial charge in [-0.05, 0) is 25.7 Å². The fourth-order valence-corrected chi connectivity index (χ4v) is 3.36. The van der Waals surface area contributed by atoms with Crippen molar-refractivity contribution in [3.63, 3.8) is 0 Å². The van der Waals surface area contributed by atoms with Gasteiger partial charge in [-0.1, -0.05) is 19.3 Å². The standard InChI is InChI=1S/C16H23N3O2/c20-16(13-5-2-1-3-6-13)19-10-4-7-14(12-19)21-15-11-17-8-9-18-15/h8-9,11,13-14H,1-7,10,12H2. The summed E-state index contributed by atoms with van der Waals surface area (Å²) in [5.74, 6) is 1.13. The van der Waals surface area contributed by atoms with Crippen molar-refractivity contribution in [3.05, 3.63) is 18.6 Å². The Hall–Kier alpha value is -1.65. The molecule has 3 rings (SSSR count). The van der Waals surface area contributed by atoms with Crippen LogP contribution in [0.15, 0.2) is 18.6 Å². The van der Waals surface area contributed by atoms with E-state index in [-0.39, 0.29) is 12.0 Å². The maximum Gasteiger partial charge on any atom is 0.232 e. The highest BCUT2D eigenvalue weighted by Gasteiger charge is 2.30. The molecule has 5 nitrogen and oxygen atoms in total. The van der Waals surface area contributed by atoms with Crippen LogP contribution in [0.25, 0.3) is 0 Å². The van der Waals surface area contributed by atoms with Gasteiger partial charge in [-0.3, -0.25) is 9.78 Å². The van der Waals surface area contributed by atoms with Crippen LogP contribution in [0.4, 0.5) is 0 Å². The number of amides is 1. The third-order valence-electron chi connectivity index (χ3n) is 4.47. The van der Waals surface area contributed by atoms with Crippen molar-refractivity contribution in [3.8, 4) is 5.88 Å². The largest absolute Gasteiger partial charge is 0.471 e. The number of carbonyl (C=O) groups is 1. The third-order valence-corrected chi connectivity index (χ3v) is 4.47. The van der Waals surface area contributed by atoms with E-state index < -0.39 is 0 Å². The van der Waals surface area contributed by atoms with Crippen molar-refractivity contribution >= 4 is 5.91 Å². The molecule has 2 aliphatic rings. The molecule has 0 N–H and O–H groups in total. The monoisotopic (exact) mass is 289 g/mol. The van der Waals surface area contributed by atoms with Crippen molar-refractivity contribution in [2.45, 2.75) is 51.0 Å². The maximum absolute atomic E-state index is 12.6. The normalized spacial score (nSPS) is 23.8. The van der Waals surface area contributed by atoms with E-state index in [4.69, 9.17) is 4.74 Å². The van der Waals surface area contributed by atoms with E-state index in [1.54, 1.807) is 18.6 Å². The average molecular weight is 289 g/mol. The molecule has 1 amide bonds. The van der Waals surface area contributed by atoms with Gasteiger partial charge in [0.2, 0.25) is 11.8 Å². The lowest BCUT2D eigenvalue weighted by Gasteiger charge is -2.35. The Morgan fingerprint density at radius 3 is 2.76 bits per heavy atom. The van der Waals surface area contributed by atoms with Gasteiger partial charge in [-0.2, -0.15) is 0 Å². The quantitative estimate of drug-likeness (QED) is 0.857. The summed E-state index contributed by atoms with van der Waals surface area (Å²) in [5.41, 5.74) is 0. The average Bonchev–Trinajstić information content (AvgIpc) is 2.56. The smallest absolute Gasteiger partial charge is 0.232 e. The van der Waals surface area contributed by atoms with Gasteiger partial charge in [-0.15, -0.1) is 0 Å². The van der Waals surface area contributed by atoms with Crippen molar-refractivity contribution in [1.82, 2.24) is 14.9 Å². The van der Waals surface area contributed by atoms with Gasteiger partial charge < -0.3 is 9.64 Å². The van der Waals surface area contributed by atoms with Gasteiger partial charge in [0.1, 0.15) is 6.10 Å². The maximum atomic E-state index is 12.6. The van der Waals surface area contributed by atoms with E-state index in [9.17, 15) is 4.79 Å². The second-order valence-corrected chi connectivity index (χ2v) is 6.04. The predicted octanol–water partition coefficient (Wildman–Crippen LogP) is 2.43. The summed E-state index contributed by atoms with van der Waals surface area (Å²) < 4.78 is 5.86. The van der Waals surface area contributed by atoms with Crippen LogP contribution in [-0.4, -0.2) is 40.0 Å². The summed E-state index contributed by atoms with van der Waals surface area (Å²) in [7, 11) is 0. The Bertz CT molecular complexity index is 460. The van der Waals surface area contributed by atoms with Crippen molar-refractivity contribution in [2.75, 3.05) is 13.1 Å². The van der Waals surface area contributed by atoms with Gasteiger partial charge in [0.15, 0.2) is 0 Å². The number of nitrogens with zero attached hydrogens (tertiary/aromatic N) is 3. The number of ether oxygens (including phenoxy) is 1. The predicted molar refractivity (Wildman–Crippen MR) is 78.8 cm³/mol. The zero-order chi connectivity index (χ0) is 14.5. The molecule has 21 heavy (non-hydrogen) atoms. The summed E-state index contributed by atoms with van der Waals surface area (Å²) in [6.07, 6.45) is 12.7. The van der Waals surface area contributed by atoms with Crippen LogP contribution in [0.5, 0.6) is 5.88 Å². The van der Waals surface area contributed by atoms with Crippen LogP contribution < -0.4 is 4.74 Å². The Morgan fingerprint density at radius 2 is 2.00 bits per heavy atom. The second kappa shape index (κ2) is 6.87. The number of likely N-dealkylation sites (tertiary alicyclic amines) is 1. The number of hydrogen-bond acceptors (Lipinski definition) is 4. The summed E-state index contributed by atoms with van der Waals surface area (Å²) >= 11 is 0. The fourth-order valence-electron chi connectivity index (χ4n) is 3.36. The number of rotatable bonds is 3. The lowest BCUT2D eigenvalue weighted by molar-refractivity contribution is -0.139. The molecule has 1 unspecified atom stereocenters. The first-order valence-corrected chi connectivity index (χ1v) is 8.04. The number of aromatic nitrogens is 2. The number of piperidine rings is 1. The third kappa shape index (κ3) is 3.71. The molecule has 2 heterocycles. The van der Waals surface area contributed by atoms with Crippen molar-refractivity contribution < 1.29 is 9.53 Å². The van der Waals surface area contributed by atoms with Crippen molar-refractivity contribution in [2.24, 2.45) is 5.92 Å². The lowest BCUT2D eigenvalue weighted by atomic mass is 9.88. The number of hydrogen-bond donors (Lipinski definition) is 0. The summed E-state index contributed by atoms with van der Waals surface area (Å²) in [6.45, 7) is 1.56. The van der Waals surface area contributed by atoms with Crippen LogP contribution in [-0.2, 0) is 4.79 Å². The molecule has 1 saturated carbocycles. The minimum atomic E-state index is 0.0444. The van der Waals surface area contributed by atoms with E-state index in [2.05, 4.69) is 9.97 Å². The molecule has 114 valence electrons. The van der Waals surface area contributed by atoms with E-state index >= 15 is 0 Å². The van der Waals surface area contributed by atoms with E-state index in [1.807, 2.05) is 4.90 Å². The zero-order valence-electron chi connectivity index (χ0n) is 12.4. The first-order valence-electron chi connectivity index (χ1n) is 8.04.